The van der Waals surface area contributed by atoms with Gasteiger partial charge < -0.3 is 5.32 Å². The molecule has 1 aliphatic heterocycles. The number of carbonyl (C=O) groups excluding carboxylic acids is 1. The number of rotatable bonds is 2. The highest BCUT2D eigenvalue weighted by atomic mass is 79.9. The summed E-state index contributed by atoms with van der Waals surface area (Å²) in [5.74, 6) is -0.135. The number of halogens is 1. The summed E-state index contributed by atoms with van der Waals surface area (Å²) >= 11 is 3.44. The van der Waals surface area contributed by atoms with Crippen LogP contribution in [-0.4, -0.2) is 16.0 Å². The Morgan fingerprint density at radius 2 is 2.09 bits per heavy atom. The number of anilines is 1. The van der Waals surface area contributed by atoms with Crippen LogP contribution in [0.2, 0.25) is 0 Å². The predicted molar refractivity (Wildman–Crippen MR) is 86.2 cm³/mol. The number of nitriles is 2. The number of Topliss-reactive ketones (excluding diaryl/α,β-unsaturated/α-hetero) is 1. The molecule has 2 aromatic rings. The van der Waals surface area contributed by atoms with Gasteiger partial charge in [0.2, 0.25) is 0 Å². The van der Waals surface area contributed by atoms with Gasteiger partial charge in [0.25, 0.3) is 0 Å². The summed E-state index contributed by atoms with van der Waals surface area (Å²) in [6.45, 7) is 1.40. The molecule has 2 heterocycles. The molecule has 0 radical (unpaired) electrons. The molecular formula is C16H10BrN5O. The molecule has 0 aliphatic carbocycles. The number of fused-ring (bicyclic) bond motifs is 1. The van der Waals surface area contributed by atoms with Gasteiger partial charge in [0, 0.05) is 17.0 Å². The summed E-state index contributed by atoms with van der Waals surface area (Å²) in [5, 5.41) is 28.6. The van der Waals surface area contributed by atoms with Gasteiger partial charge in [-0.05, 0) is 27.6 Å². The van der Waals surface area contributed by atoms with E-state index in [9.17, 15) is 15.3 Å². The van der Waals surface area contributed by atoms with Crippen molar-refractivity contribution in [3.63, 3.8) is 0 Å². The summed E-state index contributed by atoms with van der Waals surface area (Å²) in [4.78, 5) is 11.9. The smallest absolute Gasteiger partial charge is 0.177 e. The Kier molecular flexibility index (Phi) is 3.73. The molecule has 7 heteroatoms. The summed E-state index contributed by atoms with van der Waals surface area (Å²) < 4.78 is 0.609. The van der Waals surface area contributed by atoms with Gasteiger partial charge in [-0.1, -0.05) is 12.1 Å². The van der Waals surface area contributed by atoms with Crippen LogP contribution in [0.4, 0.5) is 5.82 Å². The molecule has 112 valence electrons. The fraction of sp³-hybridized carbons (Fsp3) is 0.125. The maximum atomic E-state index is 11.9. The molecule has 0 saturated carbocycles. The standard InChI is InChI=1S/C16H10BrN5O/c1-8(23)15-11(6-19)13(12-7-20-22-16(12)21-15)10-4-2-3-9(5-18)14(10)17/h2-4,7,13H,1H3,(H2,20,21,22). The first-order valence-electron chi connectivity index (χ1n) is 6.72. The van der Waals surface area contributed by atoms with E-state index in [4.69, 9.17) is 0 Å². The SMILES string of the molecule is CC(=O)C1=C(C#N)C(c2cccc(C#N)c2Br)c2cn[nH]c2N1. The number of hydrogen-bond donors (Lipinski definition) is 2. The van der Waals surface area contributed by atoms with Crippen molar-refractivity contribution in [2.24, 2.45) is 0 Å². The second kappa shape index (κ2) is 5.71. The Hall–Kier alpha value is -2.90. The topological polar surface area (TPSA) is 105 Å². The summed E-state index contributed by atoms with van der Waals surface area (Å²) in [6.07, 6.45) is 1.62. The number of aromatic nitrogens is 2. The first-order chi connectivity index (χ1) is 11.1. The highest BCUT2D eigenvalue weighted by molar-refractivity contribution is 9.10. The fourth-order valence-electron chi connectivity index (χ4n) is 2.69. The van der Waals surface area contributed by atoms with Crippen molar-refractivity contribution in [3.8, 4) is 12.1 Å². The zero-order chi connectivity index (χ0) is 16.6. The third-order valence-corrected chi connectivity index (χ3v) is 4.61. The Bertz CT molecular complexity index is 929. The van der Waals surface area contributed by atoms with Crippen molar-refractivity contribution in [2.45, 2.75) is 12.8 Å². The van der Waals surface area contributed by atoms with Crippen LogP contribution in [0.3, 0.4) is 0 Å². The molecule has 0 amide bonds. The van der Waals surface area contributed by atoms with E-state index in [0.29, 0.717) is 21.4 Å². The van der Waals surface area contributed by atoms with Crippen LogP contribution in [0, 0.1) is 22.7 Å². The van der Waals surface area contributed by atoms with Gasteiger partial charge in [0.15, 0.2) is 5.78 Å². The lowest BCUT2D eigenvalue weighted by Crippen LogP contribution is -2.22. The van der Waals surface area contributed by atoms with E-state index in [1.165, 1.54) is 6.92 Å². The summed E-state index contributed by atoms with van der Waals surface area (Å²) in [6, 6.07) is 9.50. The van der Waals surface area contributed by atoms with E-state index < -0.39 is 5.92 Å². The van der Waals surface area contributed by atoms with Crippen LogP contribution >= 0.6 is 15.9 Å². The van der Waals surface area contributed by atoms with Crippen molar-refractivity contribution >= 4 is 27.5 Å². The molecule has 6 nitrogen and oxygen atoms in total. The van der Waals surface area contributed by atoms with Crippen molar-refractivity contribution < 1.29 is 4.79 Å². The first-order valence-corrected chi connectivity index (χ1v) is 7.51. The highest BCUT2D eigenvalue weighted by Crippen LogP contribution is 2.43. The van der Waals surface area contributed by atoms with E-state index in [1.807, 2.05) is 6.07 Å². The van der Waals surface area contributed by atoms with Crippen molar-refractivity contribution in [2.75, 3.05) is 5.32 Å². The minimum atomic E-state index is -0.475. The number of hydrogen-bond acceptors (Lipinski definition) is 5. The van der Waals surface area contributed by atoms with Crippen LogP contribution in [0.15, 0.2) is 40.1 Å². The minimum absolute atomic E-state index is 0.237. The Labute approximate surface area is 140 Å². The lowest BCUT2D eigenvalue weighted by Gasteiger charge is -2.26. The maximum Gasteiger partial charge on any atom is 0.177 e. The van der Waals surface area contributed by atoms with E-state index in [-0.39, 0.29) is 11.5 Å². The van der Waals surface area contributed by atoms with Crippen molar-refractivity contribution in [1.29, 1.82) is 10.5 Å². The van der Waals surface area contributed by atoms with E-state index in [2.05, 4.69) is 43.6 Å². The number of nitrogens with zero attached hydrogens (tertiary/aromatic N) is 3. The van der Waals surface area contributed by atoms with Crippen LogP contribution in [-0.2, 0) is 4.79 Å². The second-order valence-electron chi connectivity index (χ2n) is 5.04. The lowest BCUT2D eigenvalue weighted by atomic mass is 9.82. The minimum Gasteiger partial charge on any atom is -0.337 e. The third-order valence-electron chi connectivity index (χ3n) is 3.72. The van der Waals surface area contributed by atoms with Crippen LogP contribution in [0.5, 0.6) is 0 Å². The van der Waals surface area contributed by atoms with Gasteiger partial charge in [0.05, 0.1) is 35.0 Å². The fourth-order valence-corrected chi connectivity index (χ4v) is 3.27. The number of ketones is 1. The van der Waals surface area contributed by atoms with E-state index in [0.717, 1.165) is 11.1 Å². The normalized spacial score (nSPS) is 16.1. The second-order valence-corrected chi connectivity index (χ2v) is 5.83. The Morgan fingerprint density at radius 3 is 2.74 bits per heavy atom. The largest absolute Gasteiger partial charge is 0.337 e. The van der Waals surface area contributed by atoms with Crippen molar-refractivity contribution in [1.82, 2.24) is 10.2 Å². The summed E-state index contributed by atoms with van der Waals surface area (Å²) in [5.41, 5.74) is 2.50. The number of carbonyl (C=O) groups is 1. The molecule has 3 rings (SSSR count). The van der Waals surface area contributed by atoms with Gasteiger partial charge in [-0.25, -0.2) is 0 Å². The number of allylic oxidation sites excluding steroid dienone is 2. The molecule has 23 heavy (non-hydrogen) atoms. The van der Waals surface area contributed by atoms with E-state index in [1.54, 1.807) is 18.3 Å². The predicted octanol–water partition coefficient (Wildman–Crippen LogP) is 2.97. The van der Waals surface area contributed by atoms with Gasteiger partial charge >= 0.3 is 0 Å². The molecule has 0 saturated heterocycles. The molecule has 2 N–H and O–H groups in total. The highest BCUT2D eigenvalue weighted by Gasteiger charge is 2.33. The average Bonchev–Trinajstić information content (AvgIpc) is 3.01. The monoisotopic (exact) mass is 367 g/mol. The number of nitrogens with one attached hydrogen (secondary N) is 2. The van der Waals surface area contributed by atoms with E-state index >= 15 is 0 Å². The lowest BCUT2D eigenvalue weighted by molar-refractivity contribution is -0.113. The number of aromatic amines is 1. The molecule has 1 aliphatic rings. The Balaban J connectivity index is 2.31. The number of benzene rings is 1. The molecule has 0 spiro atoms. The van der Waals surface area contributed by atoms with Crippen LogP contribution in [0.25, 0.3) is 0 Å². The molecule has 0 fully saturated rings. The zero-order valence-corrected chi connectivity index (χ0v) is 13.6. The Morgan fingerprint density at radius 1 is 1.30 bits per heavy atom. The first kappa shape index (κ1) is 15.0. The molecule has 1 aromatic carbocycles. The molecule has 0 bridgehead atoms. The molecule has 1 atom stereocenters. The average molecular weight is 368 g/mol. The van der Waals surface area contributed by atoms with Gasteiger partial charge in [-0.2, -0.15) is 15.6 Å². The van der Waals surface area contributed by atoms with Gasteiger partial charge in [-0.3, -0.25) is 9.89 Å². The zero-order valence-electron chi connectivity index (χ0n) is 12.0. The van der Waals surface area contributed by atoms with Crippen molar-refractivity contribution in [3.05, 3.63) is 56.8 Å². The van der Waals surface area contributed by atoms with Crippen LogP contribution < -0.4 is 5.32 Å². The quantitative estimate of drug-likeness (QED) is 0.848. The molecule has 1 unspecified atom stereocenters. The maximum absolute atomic E-state index is 11.9. The number of H-pyrrole nitrogens is 1. The summed E-state index contributed by atoms with van der Waals surface area (Å²) in [7, 11) is 0. The van der Waals surface area contributed by atoms with Gasteiger partial charge in [-0.15, -0.1) is 0 Å². The third kappa shape index (κ3) is 2.32. The molecular weight excluding hydrogens is 358 g/mol. The molecule has 1 aromatic heterocycles. The van der Waals surface area contributed by atoms with Crippen LogP contribution in [0.1, 0.15) is 29.5 Å². The van der Waals surface area contributed by atoms with Gasteiger partial charge in [0.1, 0.15) is 11.9 Å².